The van der Waals surface area contributed by atoms with Gasteiger partial charge in [0.15, 0.2) is 0 Å². The second kappa shape index (κ2) is 5.95. The molecule has 0 aliphatic carbocycles. The van der Waals surface area contributed by atoms with Crippen molar-refractivity contribution in [2.45, 2.75) is 6.92 Å². The summed E-state index contributed by atoms with van der Waals surface area (Å²) < 4.78 is 18.7. The zero-order valence-electron chi connectivity index (χ0n) is 10.4. The van der Waals surface area contributed by atoms with E-state index in [1.165, 1.54) is 12.1 Å². The van der Waals surface area contributed by atoms with Crippen LogP contribution in [0.25, 0.3) is 0 Å². The summed E-state index contributed by atoms with van der Waals surface area (Å²) in [6.07, 6.45) is 3.21. The maximum Gasteiger partial charge on any atom is 0.338 e. The lowest BCUT2D eigenvalue weighted by Gasteiger charge is -2.08. The first-order chi connectivity index (χ1) is 9.20. The number of anilines is 2. The maximum absolute atomic E-state index is 13.8. The molecule has 2 rings (SSSR count). The summed E-state index contributed by atoms with van der Waals surface area (Å²) in [7, 11) is 0. The molecule has 0 unspecified atom stereocenters. The van der Waals surface area contributed by atoms with Crippen molar-refractivity contribution in [3.63, 3.8) is 0 Å². The summed E-state index contributed by atoms with van der Waals surface area (Å²) in [5.41, 5.74) is 1.14. The Balaban J connectivity index is 2.18. The summed E-state index contributed by atoms with van der Waals surface area (Å²) >= 11 is 0. The van der Waals surface area contributed by atoms with E-state index < -0.39 is 11.8 Å². The van der Waals surface area contributed by atoms with Gasteiger partial charge >= 0.3 is 5.97 Å². The Morgan fingerprint density at radius 3 is 2.89 bits per heavy atom. The highest BCUT2D eigenvalue weighted by molar-refractivity contribution is 5.90. The van der Waals surface area contributed by atoms with E-state index in [9.17, 15) is 9.18 Å². The van der Waals surface area contributed by atoms with Gasteiger partial charge in [-0.05, 0) is 37.3 Å². The predicted octanol–water partition coefficient (Wildman–Crippen LogP) is 3.14. The van der Waals surface area contributed by atoms with E-state index in [4.69, 9.17) is 4.74 Å². The van der Waals surface area contributed by atoms with E-state index in [-0.39, 0.29) is 17.9 Å². The minimum Gasteiger partial charge on any atom is -0.462 e. The van der Waals surface area contributed by atoms with Crippen molar-refractivity contribution >= 4 is 17.3 Å². The molecule has 1 aromatic heterocycles. The van der Waals surface area contributed by atoms with Gasteiger partial charge < -0.3 is 10.1 Å². The van der Waals surface area contributed by atoms with Crippen LogP contribution in [-0.4, -0.2) is 17.6 Å². The Hall–Kier alpha value is -2.43. The smallest absolute Gasteiger partial charge is 0.338 e. The van der Waals surface area contributed by atoms with Gasteiger partial charge in [0.05, 0.1) is 29.7 Å². The molecule has 0 saturated carbocycles. The molecule has 98 valence electrons. The summed E-state index contributed by atoms with van der Waals surface area (Å²) in [6, 6.07) is 7.67. The van der Waals surface area contributed by atoms with Crippen LogP contribution in [0.2, 0.25) is 0 Å². The molecule has 0 atom stereocenters. The van der Waals surface area contributed by atoms with Crippen LogP contribution in [0, 0.1) is 5.82 Å². The molecule has 0 bridgehead atoms. The second-order valence-corrected chi connectivity index (χ2v) is 3.78. The quantitative estimate of drug-likeness (QED) is 0.858. The van der Waals surface area contributed by atoms with Crippen LogP contribution in [0.4, 0.5) is 15.8 Å². The van der Waals surface area contributed by atoms with Crippen molar-refractivity contribution in [1.82, 2.24) is 4.98 Å². The standard InChI is InChI=1S/C14H13FN2O2/c1-2-19-14(18)10-5-6-13(12(15)8-10)17-11-4-3-7-16-9-11/h3-9,17H,2H2,1H3. The Morgan fingerprint density at radius 2 is 2.26 bits per heavy atom. The van der Waals surface area contributed by atoms with Gasteiger partial charge in [-0.1, -0.05) is 0 Å². The first kappa shape index (κ1) is 13.0. The van der Waals surface area contributed by atoms with Gasteiger partial charge in [-0.3, -0.25) is 4.98 Å². The molecule has 0 aliphatic heterocycles. The summed E-state index contributed by atoms with van der Waals surface area (Å²) in [5, 5.41) is 2.88. The molecule has 2 aromatic rings. The molecule has 1 heterocycles. The Morgan fingerprint density at radius 1 is 1.42 bits per heavy atom. The molecule has 19 heavy (non-hydrogen) atoms. The molecular weight excluding hydrogens is 247 g/mol. The molecule has 0 fully saturated rings. The highest BCUT2D eigenvalue weighted by atomic mass is 19.1. The first-order valence-electron chi connectivity index (χ1n) is 5.84. The van der Waals surface area contributed by atoms with E-state index in [0.717, 1.165) is 6.07 Å². The van der Waals surface area contributed by atoms with E-state index in [0.29, 0.717) is 5.69 Å². The van der Waals surface area contributed by atoms with Crippen LogP contribution in [0.5, 0.6) is 0 Å². The minimum absolute atomic E-state index is 0.191. The zero-order valence-corrected chi connectivity index (χ0v) is 10.4. The number of hydrogen-bond donors (Lipinski definition) is 1. The average molecular weight is 260 g/mol. The maximum atomic E-state index is 13.8. The number of pyridine rings is 1. The molecule has 1 N–H and O–H groups in total. The lowest BCUT2D eigenvalue weighted by Crippen LogP contribution is -2.05. The third kappa shape index (κ3) is 3.28. The number of nitrogens with one attached hydrogen (secondary N) is 1. The summed E-state index contributed by atoms with van der Waals surface area (Å²) in [6.45, 7) is 1.96. The fraction of sp³-hybridized carbons (Fsp3) is 0.143. The number of esters is 1. The molecule has 0 amide bonds. The fourth-order valence-electron chi connectivity index (χ4n) is 1.55. The van der Waals surface area contributed by atoms with Crippen LogP contribution in [0.3, 0.4) is 0 Å². The lowest BCUT2D eigenvalue weighted by molar-refractivity contribution is 0.0526. The highest BCUT2D eigenvalue weighted by Crippen LogP contribution is 2.20. The minimum atomic E-state index is -0.533. The van der Waals surface area contributed by atoms with Crippen molar-refractivity contribution < 1.29 is 13.9 Å². The third-order valence-corrected chi connectivity index (χ3v) is 2.42. The van der Waals surface area contributed by atoms with Crippen molar-refractivity contribution in [2.24, 2.45) is 0 Å². The van der Waals surface area contributed by atoms with Gasteiger partial charge in [0, 0.05) is 6.20 Å². The van der Waals surface area contributed by atoms with Gasteiger partial charge in [-0.25, -0.2) is 9.18 Å². The highest BCUT2D eigenvalue weighted by Gasteiger charge is 2.10. The van der Waals surface area contributed by atoms with Gasteiger partial charge in [-0.2, -0.15) is 0 Å². The van der Waals surface area contributed by atoms with Crippen molar-refractivity contribution in [2.75, 3.05) is 11.9 Å². The predicted molar refractivity (Wildman–Crippen MR) is 69.9 cm³/mol. The van der Waals surface area contributed by atoms with Crippen LogP contribution >= 0.6 is 0 Å². The first-order valence-corrected chi connectivity index (χ1v) is 5.84. The Bertz CT molecular complexity index is 573. The molecule has 0 radical (unpaired) electrons. The van der Waals surface area contributed by atoms with E-state index in [1.54, 1.807) is 31.5 Å². The number of hydrogen-bond acceptors (Lipinski definition) is 4. The molecule has 4 nitrogen and oxygen atoms in total. The van der Waals surface area contributed by atoms with Gasteiger partial charge in [0.1, 0.15) is 5.82 Å². The average Bonchev–Trinajstić information content (AvgIpc) is 2.42. The van der Waals surface area contributed by atoms with E-state index in [1.807, 2.05) is 0 Å². The number of carbonyl (C=O) groups is 1. The Kier molecular flexibility index (Phi) is 4.07. The fourth-order valence-corrected chi connectivity index (χ4v) is 1.55. The summed E-state index contributed by atoms with van der Waals surface area (Å²) in [5.74, 6) is -1.05. The van der Waals surface area contributed by atoms with E-state index >= 15 is 0 Å². The number of benzene rings is 1. The SMILES string of the molecule is CCOC(=O)c1ccc(Nc2cccnc2)c(F)c1. The molecule has 0 aliphatic rings. The number of halogens is 1. The van der Waals surface area contributed by atoms with E-state index in [2.05, 4.69) is 10.3 Å². The van der Waals surface area contributed by atoms with Crippen LogP contribution in [0.1, 0.15) is 17.3 Å². The normalized spacial score (nSPS) is 10.0. The van der Waals surface area contributed by atoms with Crippen LogP contribution < -0.4 is 5.32 Å². The third-order valence-electron chi connectivity index (χ3n) is 2.42. The summed E-state index contributed by atoms with van der Waals surface area (Å²) in [4.78, 5) is 15.4. The van der Waals surface area contributed by atoms with Gasteiger partial charge in [0.25, 0.3) is 0 Å². The van der Waals surface area contributed by atoms with Gasteiger partial charge in [0.2, 0.25) is 0 Å². The number of carbonyl (C=O) groups excluding carboxylic acids is 1. The van der Waals surface area contributed by atoms with Crippen LogP contribution in [0.15, 0.2) is 42.7 Å². The molecule has 0 spiro atoms. The number of nitrogens with zero attached hydrogens (tertiary/aromatic N) is 1. The van der Waals surface area contributed by atoms with Crippen molar-refractivity contribution in [3.8, 4) is 0 Å². The zero-order chi connectivity index (χ0) is 13.7. The number of aromatic nitrogens is 1. The van der Waals surface area contributed by atoms with Crippen molar-refractivity contribution in [3.05, 3.63) is 54.1 Å². The monoisotopic (exact) mass is 260 g/mol. The Labute approximate surface area is 110 Å². The largest absolute Gasteiger partial charge is 0.462 e. The lowest BCUT2D eigenvalue weighted by atomic mass is 10.2. The topological polar surface area (TPSA) is 51.2 Å². The second-order valence-electron chi connectivity index (χ2n) is 3.78. The number of ether oxygens (including phenoxy) is 1. The molecule has 1 aromatic carbocycles. The van der Waals surface area contributed by atoms with Gasteiger partial charge in [-0.15, -0.1) is 0 Å². The number of rotatable bonds is 4. The molecular formula is C14H13FN2O2. The molecule has 5 heteroatoms. The van der Waals surface area contributed by atoms with Crippen molar-refractivity contribution in [1.29, 1.82) is 0 Å². The van der Waals surface area contributed by atoms with Crippen LogP contribution in [-0.2, 0) is 4.74 Å². The molecule has 0 saturated heterocycles.